The number of unbranched alkanes of at least 4 members (excludes halogenated alkanes) is 1. The van der Waals surface area contributed by atoms with E-state index in [4.69, 9.17) is 5.11 Å². The number of carbonyl (C=O) groups is 1. The summed E-state index contributed by atoms with van der Waals surface area (Å²) < 4.78 is 0. The van der Waals surface area contributed by atoms with Gasteiger partial charge in [0.05, 0.1) is 5.92 Å². The molecule has 0 aromatic carbocycles. The molecule has 94 valence electrons. The molecule has 1 N–H and O–H groups in total. The third kappa shape index (κ3) is 1.92. The number of rotatable bonds is 4. The van der Waals surface area contributed by atoms with Crippen LogP contribution in [0.3, 0.4) is 0 Å². The van der Waals surface area contributed by atoms with Gasteiger partial charge in [-0.15, -0.1) is 0 Å². The molecule has 0 radical (unpaired) electrons. The molecule has 2 nitrogen and oxygen atoms in total. The van der Waals surface area contributed by atoms with E-state index in [1.165, 1.54) is 32.1 Å². The first-order valence-electron chi connectivity index (χ1n) is 7.13. The summed E-state index contributed by atoms with van der Waals surface area (Å²) in [6.45, 7) is 2.26. The van der Waals surface area contributed by atoms with Gasteiger partial charge in [-0.05, 0) is 49.9 Å². The molecule has 0 aromatic heterocycles. The summed E-state index contributed by atoms with van der Waals surface area (Å²) in [6, 6.07) is 0. The van der Waals surface area contributed by atoms with Crippen LogP contribution in [0.1, 0.15) is 51.9 Å². The summed E-state index contributed by atoms with van der Waals surface area (Å²) in [5, 5.41) is 9.10. The lowest BCUT2D eigenvalue weighted by atomic mass is 9.94. The predicted octanol–water partition coefficient (Wildman–Crippen LogP) is 3.62. The maximum atomic E-state index is 11.0. The van der Waals surface area contributed by atoms with Crippen LogP contribution in [-0.2, 0) is 4.79 Å². The van der Waals surface area contributed by atoms with Gasteiger partial charge in [0.25, 0.3) is 0 Å². The van der Waals surface area contributed by atoms with Crippen LogP contribution in [0.4, 0.5) is 0 Å². The standard InChI is InChI=1S/C15H22O2/c1-2-3-4-9-5-10-7-12-13(8-11(10)6-9)14(12)15(16)17/h9,12-14H,2-8H2,1H3,(H,16,17)/t9?,12-,13+,14?. The van der Waals surface area contributed by atoms with E-state index >= 15 is 0 Å². The summed E-state index contributed by atoms with van der Waals surface area (Å²) in [5.41, 5.74) is 3.30. The van der Waals surface area contributed by atoms with Crippen LogP contribution in [0.5, 0.6) is 0 Å². The van der Waals surface area contributed by atoms with Crippen LogP contribution in [-0.4, -0.2) is 11.1 Å². The molecular weight excluding hydrogens is 212 g/mol. The average molecular weight is 234 g/mol. The van der Waals surface area contributed by atoms with Gasteiger partial charge in [0.1, 0.15) is 0 Å². The van der Waals surface area contributed by atoms with E-state index in [-0.39, 0.29) is 5.92 Å². The van der Waals surface area contributed by atoms with Crippen LogP contribution < -0.4 is 0 Å². The summed E-state index contributed by atoms with van der Waals surface area (Å²) in [7, 11) is 0. The molecule has 3 rings (SSSR count). The van der Waals surface area contributed by atoms with Gasteiger partial charge in [-0.3, -0.25) is 4.79 Å². The highest BCUT2D eigenvalue weighted by Gasteiger charge is 2.57. The zero-order valence-corrected chi connectivity index (χ0v) is 10.6. The van der Waals surface area contributed by atoms with Crippen molar-refractivity contribution in [2.75, 3.05) is 0 Å². The fourth-order valence-corrected chi connectivity index (χ4v) is 4.15. The smallest absolute Gasteiger partial charge is 0.307 e. The van der Waals surface area contributed by atoms with Crippen molar-refractivity contribution in [3.05, 3.63) is 11.1 Å². The van der Waals surface area contributed by atoms with Crippen LogP contribution in [0.15, 0.2) is 11.1 Å². The molecule has 2 heteroatoms. The third-order valence-electron chi connectivity index (χ3n) is 5.12. The van der Waals surface area contributed by atoms with Crippen LogP contribution in [0, 0.1) is 23.7 Å². The molecule has 0 amide bonds. The lowest BCUT2D eigenvalue weighted by molar-refractivity contribution is -0.139. The molecule has 4 atom stereocenters. The zero-order valence-electron chi connectivity index (χ0n) is 10.6. The van der Waals surface area contributed by atoms with Crippen LogP contribution in [0.2, 0.25) is 0 Å². The molecule has 0 aliphatic heterocycles. The molecule has 1 fully saturated rings. The summed E-state index contributed by atoms with van der Waals surface area (Å²) in [5.74, 6) is 1.33. The van der Waals surface area contributed by atoms with E-state index in [2.05, 4.69) is 6.92 Å². The Morgan fingerprint density at radius 1 is 1.18 bits per heavy atom. The topological polar surface area (TPSA) is 37.3 Å². The van der Waals surface area contributed by atoms with E-state index in [1.54, 1.807) is 11.1 Å². The Morgan fingerprint density at radius 3 is 2.24 bits per heavy atom. The fourth-order valence-electron chi connectivity index (χ4n) is 4.15. The summed E-state index contributed by atoms with van der Waals surface area (Å²) in [6.07, 6.45) is 8.82. The maximum Gasteiger partial charge on any atom is 0.307 e. The van der Waals surface area contributed by atoms with Crippen molar-refractivity contribution < 1.29 is 9.90 Å². The zero-order chi connectivity index (χ0) is 12.0. The van der Waals surface area contributed by atoms with Crippen LogP contribution in [0.25, 0.3) is 0 Å². The predicted molar refractivity (Wildman–Crippen MR) is 66.6 cm³/mol. The highest BCUT2D eigenvalue weighted by molar-refractivity contribution is 5.74. The van der Waals surface area contributed by atoms with E-state index in [9.17, 15) is 4.79 Å². The van der Waals surface area contributed by atoms with Gasteiger partial charge in [-0.1, -0.05) is 30.9 Å². The first kappa shape index (κ1) is 11.3. The molecular formula is C15H22O2. The Hall–Kier alpha value is -0.790. The molecule has 0 heterocycles. The minimum atomic E-state index is -0.552. The Bertz CT molecular complexity index is 345. The molecule has 0 aromatic rings. The highest BCUT2D eigenvalue weighted by atomic mass is 16.4. The van der Waals surface area contributed by atoms with E-state index in [0.717, 1.165) is 18.8 Å². The SMILES string of the molecule is CCCCC1CC2=C(C1)C[C@H]1C(C(=O)O)[C@H]1C2. The van der Waals surface area contributed by atoms with Gasteiger partial charge in [-0.2, -0.15) is 0 Å². The van der Waals surface area contributed by atoms with Gasteiger partial charge in [0, 0.05) is 0 Å². The van der Waals surface area contributed by atoms with Gasteiger partial charge < -0.3 is 5.11 Å². The summed E-state index contributed by atoms with van der Waals surface area (Å²) >= 11 is 0. The fraction of sp³-hybridized carbons (Fsp3) is 0.800. The first-order chi connectivity index (χ1) is 8.20. The first-order valence-corrected chi connectivity index (χ1v) is 7.13. The number of allylic oxidation sites excluding steroid dienone is 2. The minimum absolute atomic E-state index is 0.00491. The maximum absolute atomic E-state index is 11.0. The molecule has 0 saturated heterocycles. The van der Waals surface area contributed by atoms with Crippen LogP contribution >= 0.6 is 0 Å². The number of aliphatic carboxylic acids is 1. The van der Waals surface area contributed by atoms with Crippen molar-refractivity contribution >= 4 is 5.97 Å². The van der Waals surface area contributed by atoms with Crippen molar-refractivity contribution in [3.8, 4) is 0 Å². The van der Waals surface area contributed by atoms with E-state index in [0.29, 0.717) is 11.8 Å². The molecule has 1 saturated carbocycles. The molecule has 3 aliphatic rings. The van der Waals surface area contributed by atoms with Gasteiger partial charge in [0.2, 0.25) is 0 Å². The molecule has 2 unspecified atom stereocenters. The molecule has 0 bridgehead atoms. The third-order valence-corrected chi connectivity index (χ3v) is 5.12. The Labute approximate surface area is 103 Å². The second kappa shape index (κ2) is 4.15. The second-order valence-electron chi connectivity index (χ2n) is 6.22. The Morgan fingerprint density at radius 2 is 1.76 bits per heavy atom. The van der Waals surface area contributed by atoms with Crippen molar-refractivity contribution in [3.63, 3.8) is 0 Å². The number of hydrogen-bond donors (Lipinski definition) is 1. The van der Waals surface area contributed by atoms with E-state index in [1.807, 2.05) is 0 Å². The quantitative estimate of drug-likeness (QED) is 0.754. The summed E-state index contributed by atoms with van der Waals surface area (Å²) in [4.78, 5) is 11.0. The normalized spacial score (nSPS) is 38.9. The number of hydrogen-bond acceptors (Lipinski definition) is 1. The van der Waals surface area contributed by atoms with Crippen molar-refractivity contribution in [2.45, 2.75) is 51.9 Å². The average Bonchev–Trinajstić information content (AvgIpc) is 2.84. The van der Waals surface area contributed by atoms with Crippen molar-refractivity contribution in [2.24, 2.45) is 23.7 Å². The lowest BCUT2D eigenvalue weighted by Gasteiger charge is -2.11. The number of fused-ring (bicyclic) bond motifs is 1. The molecule has 0 spiro atoms. The Kier molecular flexibility index (Phi) is 2.76. The van der Waals surface area contributed by atoms with Gasteiger partial charge in [0.15, 0.2) is 0 Å². The number of carboxylic acids is 1. The van der Waals surface area contributed by atoms with Gasteiger partial charge in [-0.25, -0.2) is 0 Å². The minimum Gasteiger partial charge on any atom is -0.481 e. The number of carboxylic acid groups (broad SMARTS) is 1. The second-order valence-corrected chi connectivity index (χ2v) is 6.22. The largest absolute Gasteiger partial charge is 0.481 e. The highest BCUT2D eigenvalue weighted by Crippen LogP contribution is 2.60. The lowest BCUT2D eigenvalue weighted by Crippen LogP contribution is -2.01. The molecule has 17 heavy (non-hydrogen) atoms. The molecule has 3 aliphatic carbocycles. The Balaban J connectivity index is 1.57. The monoisotopic (exact) mass is 234 g/mol. The van der Waals surface area contributed by atoms with Gasteiger partial charge >= 0.3 is 5.97 Å². The van der Waals surface area contributed by atoms with Crippen molar-refractivity contribution in [1.82, 2.24) is 0 Å². The van der Waals surface area contributed by atoms with E-state index < -0.39 is 5.97 Å². The van der Waals surface area contributed by atoms with Crippen molar-refractivity contribution in [1.29, 1.82) is 0 Å².